The van der Waals surface area contributed by atoms with Gasteiger partial charge in [0.1, 0.15) is 0 Å². The number of rotatable bonds is 2. The van der Waals surface area contributed by atoms with Crippen LogP contribution < -0.4 is 10.6 Å². The molecule has 1 atom stereocenters. The van der Waals surface area contributed by atoms with Gasteiger partial charge in [-0.05, 0) is 18.9 Å². The molecule has 6 nitrogen and oxygen atoms in total. The largest absolute Gasteiger partial charge is 0.397 e. The first-order valence-electron chi connectivity index (χ1n) is 5.55. The Morgan fingerprint density at radius 3 is 2.88 bits per heavy atom. The monoisotopic (exact) mass is 237 g/mol. The summed E-state index contributed by atoms with van der Waals surface area (Å²) < 4.78 is 0. The Labute approximate surface area is 98.8 Å². The summed E-state index contributed by atoms with van der Waals surface area (Å²) in [4.78, 5) is 12.1. The van der Waals surface area contributed by atoms with E-state index in [-0.39, 0.29) is 11.8 Å². The van der Waals surface area contributed by atoms with Crippen molar-refractivity contribution in [3.8, 4) is 0 Å². The van der Waals surface area contributed by atoms with Crippen LogP contribution in [0.1, 0.15) is 12.8 Å². The molecule has 1 fully saturated rings. The molecule has 0 spiro atoms. The number of piperidine rings is 1. The molecule has 0 aliphatic carbocycles. The minimum absolute atomic E-state index is 0.0104. The van der Waals surface area contributed by atoms with E-state index in [1.165, 1.54) is 12.1 Å². The summed E-state index contributed by atoms with van der Waals surface area (Å²) >= 11 is 0. The molecule has 0 saturated carbocycles. The van der Waals surface area contributed by atoms with Gasteiger partial charge in [0.15, 0.2) is 0 Å². The minimum Gasteiger partial charge on any atom is -0.397 e. The summed E-state index contributed by atoms with van der Waals surface area (Å²) in [5.74, 6) is 0. The number of nitro groups is 1. The standard InChI is InChI=1S/C11H15N3O3/c12-10-6-8(14(16)17)3-4-11(10)13-5-1-2-9(15)7-13/h3-4,6,9,15H,1-2,5,7,12H2. The van der Waals surface area contributed by atoms with E-state index in [4.69, 9.17) is 5.73 Å². The number of aliphatic hydroxyl groups is 1. The summed E-state index contributed by atoms with van der Waals surface area (Å²) in [6.45, 7) is 1.35. The molecule has 0 aromatic heterocycles. The number of β-amino-alcohol motifs (C(OH)–C–C–N with tert-alkyl or cyclic N) is 1. The third-order valence-electron chi connectivity index (χ3n) is 2.96. The van der Waals surface area contributed by atoms with E-state index in [9.17, 15) is 15.2 Å². The van der Waals surface area contributed by atoms with Gasteiger partial charge in [0, 0.05) is 25.2 Å². The fraction of sp³-hybridized carbons (Fsp3) is 0.455. The number of non-ortho nitro benzene ring substituents is 1. The quantitative estimate of drug-likeness (QED) is 0.457. The molecule has 3 N–H and O–H groups in total. The molecule has 1 aliphatic heterocycles. The second kappa shape index (κ2) is 4.58. The van der Waals surface area contributed by atoms with Gasteiger partial charge >= 0.3 is 0 Å². The average Bonchev–Trinajstić information content (AvgIpc) is 2.28. The van der Waals surface area contributed by atoms with Gasteiger partial charge in [-0.25, -0.2) is 0 Å². The number of nitrogens with two attached hydrogens (primary N) is 1. The van der Waals surface area contributed by atoms with Crippen LogP contribution in [0.2, 0.25) is 0 Å². The second-order valence-corrected chi connectivity index (χ2v) is 4.24. The van der Waals surface area contributed by atoms with Crippen molar-refractivity contribution in [3.05, 3.63) is 28.3 Å². The molecule has 17 heavy (non-hydrogen) atoms. The van der Waals surface area contributed by atoms with Crippen molar-refractivity contribution >= 4 is 17.1 Å². The maximum atomic E-state index is 10.6. The molecule has 0 amide bonds. The second-order valence-electron chi connectivity index (χ2n) is 4.24. The van der Waals surface area contributed by atoms with Gasteiger partial charge in [-0.2, -0.15) is 0 Å². The smallest absolute Gasteiger partial charge is 0.271 e. The van der Waals surface area contributed by atoms with Crippen molar-refractivity contribution < 1.29 is 10.0 Å². The van der Waals surface area contributed by atoms with Crippen LogP contribution in [0.15, 0.2) is 18.2 Å². The lowest BCUT2D eigenvalue weighted by Gasteiger charge is -2.32. The zero-order chi connectivity index (χ0) is 12.4. The molecule has 2 rings (SSSR count). The van der Waals surface area contributed by atoms with Crippen molar-refractivity contribution in [1.82, 2.24) is 0 Å². The number of hydrogen-bond acceptors (Lipinski definition) is 5. The fourth-order valence-corrected chi connectivity index (χ4v) is 2.12. The number of anilines is 2. The van der Waals surface area contributed by atoms with Crippen molar-refractivity contribution in [2.45, 2.75) is 18.9 Å². The number of nitro benzene ring substituents is 1. The first kappa shape index (κ1) is 11.7. The Morgan fingerprint density at radius 1 is 1.53 bits per heavy atom. The van der Waals surface area contributed by atoms with Gasteiger partial charge in [0.05, 0.1) is 22.4 Å². The molecule has 1 aromatic rings. The highest BCUT2D eigenvalue weighted by molar-refractivity contribution is 5.70. The van der Waals surface area contributed by atoms with Crippen LogP contribution in [-0.4, -0.2) is 29.2 Å². The normalized spacial score (nSPS) is 20.3. The predicted octanol–water partition coefficient (Wildman–Crippen LogP) is 1.14. The molecule has 6 heteroatoms. The SMILES string of the molecule is Nc1cc([N+](=O)[O-])ccc1N1CCCC(O)C1. The summed E-state index contributed by atoms with van der Waals surface area (Å²) in [5, 5.41) is 20.2. The zero-order valence-electron chi connectivity index (χ0n) is 9.37. The van der Waals surface area contributed by atoms with Crippen molar-refractivity contribution in [2.24, 2.45) is 0 Å². The number of aliphatic hydroxyl groups excluding tert-OH is 1. The van der Waals surface area contributed by atoms with E-state index >= 15 is 0 Å². The minimum atomic E-state index is -0.467. The van der Waals surface area contributed by atoms with Crippen LogP contribution in [0, 0.1) is 10.1 Å². The average molecular weight is 237 g/mol. The summed E-state index contributed by atoms with van der Waals surface area (Å²) in [6, 6.07) is 4.44. The van der Waals surface area contributed by atoms with Crippen LogP contribution in [0.5, 0.6) is 0 Å². The Morgan fingerprint density at radius 2 is 2.29 bits per heavy atom. The van der Waals surface area contributed by atoms with Gasteiger partial charge in [-0.3, -0.25) is 10.1 Å². The van der Waals surface area contributed by atoms with Crippen molar-refractivity contribution in [1.29, 1.82) is 0 Å². The van der Waals surface area contributed by atoms with Crippen molar-refractivity contribution in [2.75, 3.05) is 23.7 Å². The lowest BCUT2D eigenvalue weighted by molar-refractivity contribution is -0.384. The van der Waals surface area contributed by atoms with E-state index in [1.54, 1.807) is 6.07 Å². The summed E-state index contributed by atoms with van der Waals surface area (Å²) in [5.41, 5.74) is 6.94. The first-order valence-corrected chi connectivity index (χ1v) is 5.55. The molecule has 0 bridgehead atoms. The maximum Gasteiger partial charge on any atom is 0.271 e. The Bertz CT molecular complexity index is 436. The Kier molecular flexibility index (Phi) is 3.14. The highest BCUT2D eigenvalue weighted by Crippen LogP contribution is 2.29. The van der Waals surface area contributed by atoms with E-state index < -0.39 is 4.92 Å². The third kappa shape index (κ3) is 2.47. The summed E-state index contributed by atoms with van der Waals surface area (Å²) in [6.07, 6.45) is 1.35. The molecular weight excluding hydrogens is 222 g/mol. The van der Waals surface area contributed by atoms with E-state index in [0.717, 1.165) is 25.1 Å². The number of nitrogens with zero attached hydrogens (tertiary/aromatic N) is 2. The van der Waals surface area contributed by atoms with Gasteiger partial charge in [-0.15, -0.1) is 0 Å². The maximum absolute atomic E-state index is 10.6. The molecule has 0 radical (unpaired) electrons. The van der Waals surface area contributed by atoms with Crippen LogP contribution in [0.3, 0.4) is 0 Å². The Hall–Kier alpha value is -1.82. The van der Waals surface area contributed by atoms with Crippen LogP contribution in [0.4, 0.5) is 17.1 Å². The number of benzene rings is 1. The van der Waals surface area contributed by atoms with E-state index in [2.05, 4.69) is 0 Å². The molecule has 1 heterocycles. The van der Waals surface area contributed by atoms with Gasteiger partial charge < -0.3 is 15.7 Å². The van der Waals surface area contributed by atoms with Gasteiger partial charge in [0.25, 0.3) is 5.69 Å². The van der Waals surface area contributed by atoms with Crippen LogP contribution in [0.25, 0.3) is 0 Å². The number of nitrogen functional groups attached to an aromatic ring is 1. The lowest BCUT2D eigenvalue weighted by atomic mass is 10.1. The first-order chi connectivity index (χ1) is 8.08. The van der Waals surface area contributed by atoms with E-state index in [0.29, 0.717) is 12.2 Å². The molecule has 1 aromatic carbocycles. The lowest BCUT2D eigenvalue weighted by Crippen LogP contribution is -2.38. The van der Waals surface area contributed by atoms with Crippen LogP contribution in [-0.2, 0) is 0 Å². The van der Waals surface area contributed by atoms with Gasteiger partial charge in [-0.1, -0.05) is 0 Å². The third-order valence-corrected chi connectivity index (χ3v) is 2.96. The molecule has 92 valence electrons. The highest BCUT2D eigenvalue weighted by Gasteiger charge is 2.20. The topological polar surface area (TPSA) is 92.6 Å². The predicted molar refractivity (Wildman–Crippen MR) is 65.0 cm³/mol. The summed E-state index contributed by atoms with van der Waals surface area (Å²) in [7, 11) is 0. The highest BCUT2D eigenvalue weighted by atomic mass is 16.6. The molecule has 1 saturated heterocycles. The molecule has 1 unspecified atom stereocenters. The number of hydrogen-bond donors (Lipinski definition) is 2. The molecule has 1 aliphatic rings. The van der Waals surface area contributed by atoms with Crippen molar-refractivity contribution in [3.63, 3.8) is 0 Å². The van der Waals surface area contributed by atoms with Crippen LogP contribution >= 0.6 is 0 Å². The molecular formula is C11H15N3O3. The fourth-order valence-electron chi connectivity index (χ4n) is 2.12. The zero-order valence-corrected chi connectivity index (χ0v) is 9.37. The van der Waals surface area contributed by atoms with Gasteiger partial charge in [0.2, 0.25) is 0 Å². The van der Waals surface area contributed by atoms with E-state index in [1.807, 2.05) is 4.90 Å². The Balaban J connectivity index is 2.23.